The van der Waals surface area contributed by atoms with Crippen molar-refractivity contribution in [1.29, 1.82) is 0 Å². The number of thioether (sulfide) groups is 1. The number of benzene rings is 1. The minimum Gasteiger partial charge on any atom is -0.486 e. The molecule has 1 aliphatic heterocycles. The molecule has 4 rings (SSSR count). The second-order valence-electron chi connectivity index (χ2n) is 5.77. The Morgan fingerprint density at radius 1 is 1.11 bits per heavy atom. The van der Waals surface area contributed by atoms with E-state index in [4.69, 9.17) is 14.0 Å². The molecule has 0 saturated heterocycles. The smallest absolute Gasteiger partial charge is 0.236 e. The van der Waals surface area contributed by atoms with E-state index in [9.17, 15) is 4.79 Å². The molecule has 9 heteroatoms. The summed E-state index contributed by atoms with van der Waals surface area (Å²) in [4.78, 5) is 11.9. The number of rotatable bonds is 5. The minimum atomic E-state index is -0.189. The summed E-state index contributed by atoms with van der Waals surface area (Å²) in [6.45, 7) is 2.85. The number of fused-ring (bicyclic) bond motifs is 1. The Morgan fingerprint density at radius 3 is 2.70 bits per heavy atom. The maximum absolute atomic E-state index is 11.9. The number of hydrogen-bond acceptors (Lipinski definition) is 8. The first kappa shape index (κ1) is 17.3. The summed E-state index contributed by atoms with van der Waals surface area (Å²) < 4.78 is 16.0. The van der Waals surface area contributed by atoms with Gasteiger partial charge in [0.1, 0.15) is 24.0 Å². The molecule has 0 saturated carbocycles. The standard InChI is InChI=1S/C18H16N4O4S/c1-11-8-16(22-26-11)19-17(23)10-27-18-5-3-13(20-21-18)12-2-4-14-15(9-12)25-7-6-24-14/h2-5,8-9H,6-7,10H2,1H3,(H,19,22,23). The van der Waals surface area contributed by atoms with Crippen LogP contribution in [0.25, 0.3) is 11.3 Å². The molecule has 2 aromatic heterocycles. The molecule has 0 aliphatic carbocycles. The molecule has 8 nitrogen and oxygen atoms in total. The fourth-order valence-electron chi connectivity index (χ4n) is 2.50. The number of ether oxygens (including phenoxy) is 2. The summed E-state index contributed by atoms with van der Waals surface area (Å²) in [5.74, 6) is 2.49. The van der Waals surface area contributed by atoms with Crippen LogP contribution < -0.4 is 14.8 Å². The van der Waals surface area contributed by atoms with Crippen LogP contribution in [0.4, 0.5) is 5.82 Å². The third-order valence-corrected chi connectivity index (χ3v) is 4.64. The van der Waals surface area contributed by atoms with Crippen LogP contribution in [0.3, 0.4) is 0 Å². The second-order valence-corrected chi connectivity index (χ2v) is 6.77. The predicted molar refractivity (Wildman–Crippen MR) is 99.1 cm³/mol. The molecule has 27 heavy (non-hydrogen) atoms. The number of amides is 1. The molecule has 1 amide bonds. The van der Waals surface area contributed by atoms with Crippen LogP contribution in [-0.2, 0) is 4.79 Å². The highest BCUT2D eigenvalue weighted by molar-refractivity contribution is 7.99. The van der Waals surface area contributed by atoms with Crippen LogP contribution >= 0.6 is 11.8 Å². The van der Waals surface area contributed by atoms with Crippen molar-refractivity contribution in [2.45, 2.75) is 11.9 Å². The van der Waals surface area contributed by atoms with E-state index in [0.717, 1.165) is 17.0 Å². The Balaban J connectivity index is 1.37. The number of aryl methyl sites for hydroxylation is 1. The predicted octanol–water partition coefficient (Wildman–Crippen LogP) is 2.94. The third kappa shape index (κ3) is 4.20. The average Bonchev–Trinajstić information content (AvgIpc) is 3.11. The molecular weight excluding hydrogens is 368 g/mol. The van der Waals surface area contributed by atoms with Crippen LogP contribution in [0.2, 0.25) is 0 Å². The van der Waals surface area contributed by atoms with Crippen molar-refractivity contribution in [3.8, 4) is 22.8 Å². The highest BCUT2D eigenvalue weighted by Crippen LogP contribution is 2.34. The van der Waals surface area contributed by atoms with Crippen LogP contribution in [0, 0.1) is 6.92 Å². The number of anilines is 1. The first-order chi connectivity index (χ1) is 13.2. The first-order valence-corrected chi connectivity index (χ1v) is 9.26. The van der Waals surface area contributed by atoms with Gasteiger partial charge in [-0.1, -0.05) is 16.9 Å². The molecule has 3 aromatic rings. The SMILES string of the molecule is Cc1cc(NC(=O)CSc2ccc(-c3ccc4c(c3)OCCO4)nn2)no1. The van der Waals surface area contributed by atoms with Gasteiger partial charge in [-0.2, -0.15) is 0 Å². The van der Waals surface area contributed by atoms with E-state index in [2.05, 4.69) is 20.7 Å². The third-order valence-electron chi connectivity index (χ3n) is 3.72. The number of carbonyl (C=O) groups is 1. The zero-order chi connectivity index (χ0) is 18.6. The minimum absolute atomic E-state index is 0.189. The number of aromatic nitrogens is 3. The molecule has 0 bridgehead atoms. The lowest BCUT2D eigenvalue weighted by Crippen LogP contribution is -2.15. The summed E-state index contributed by atoms with van der Waals surface area (Å²) >= 11 is 1.29. The maximum Gasteiger partial charge on any atom is 0.236 e. The van der Waals surface area contributed by atoms with E-state index in [0.29, 0.717) is 35.6 Å². The lowest BCUT2D eigenvalue weighted by Gasteiger charge is -2.18. The summed E-state index contributed by atoms with van der Waals surface area (Å²) in [6, 6.07) is 11.0. The number of hydrogen-bond donors (Lipinski definition) is 1. The zero-order valence-corrected chi connectivity index (χ0v) is 15.3. The Hall–Kier alpha value is -3.07. The Morgan fingerprint density at radius 2 is 1.96 bits per heavy atom. The fraction of sp³-hybridized carbons (Fsp3) is 0.222. The number of nitrogens with one attached hydrogen (secondary N) is 1. The Labute approximate surface area is 159 Å². The first-order valence-electron chi connectivity index (χ1n) is 8.27. The largest absolute Gasteiger partial charge is 0.486 e. The van der Waals surface area contributed by atoms with Crippen molar-refractivity contribution in [2.75, 3.05) is 24.3 Å². The second kappa shape index (κ2) is 7.67. The Kier molecular flexibility index (Phi) is 4.93. The number of carbonyl (C=O) groups excluding carboxylic acids is 1. The normalized spacial score (nSPS) is 12.6. The monoisotopic (exact) mass is 384 g/mol. The van der Waals surface area contributed by atoms with Gasteiger partial charge in [-0.05, 0) is 37.3 Å². The van der Waals surface area contributed by atoms with Crippen LogP contribution in [0.15, 0.2) is 45.9 Å². The van der Waals surface area contributed by atoms with Gasteiger partial charge in [-0.15, -0.1) is 10.2 Å². The summed E-state index contributed by atoms with van der Waals surface area (Å²) in [6.07, 6.45) is 0. The summed E-state index contributed by atoms with van der Waals surface area (Å²) in [7, 11) is 0. The van der Waals surface area contributed by atoms with Crippen molar-refractivity contribution in [3.63, 3.8) is 0 Å². The lowest BCUT2D eigenvalue weighted by atomic mass is 10.1. The van der Waals surface area contributed by atoms with Crippen molar-refractivity contribution >= 4 is 23.5 Å². The van der Waals surface area contributed by atoms with E-state index in [-0.39, 0.29) is 11.7 Å². The summed E-state index contributed by atoms with van der Waals surface area (Å²) in [5.41, 5.74) is 1.61. The molecule has 0 atom stereocenters. The summed E-state index contributed by atoms with van der Waals surface area (Å²) in [5, 5.41) is 15.5. The van der Waals surface area contributed by atoms with E-state index in [1.807, 2.05) is 30.3 Å². The molecule has 3 heterocycles. The molecule has 138 valence electrons. The molecule has 1 aliphatic rings. The topological polar surface area (TPSA) is 99.4 Å². The van der Waals surface area contributed by atoms with Gasteiger partial charge in [0.2, 0.25) is 5.91 Å². The Bertz CT molecular complexity index is 958. The van der Waals surface area contributed by atoms with E-state index in [1.165, 1.54) is 11.8 Å². The average molecular weight is 384 g/mol. The molecule has 0 unspecified atom stereocenters. The van der Waals surface area contributed by atoms with Gasteiger partial charge >= 0.3 is 0 Å². The quantitative estimate of drug-likeness (QED) is 0.670. The molecule has 0 radical (unpaired) electrons. The van der Waals surface area contributed by atoms with E-state index >= 15 is 0 Å². The van der Waals surface area contributed by atoms with E-state index < -0.39 is 0 Å². The molecule has 0 spiro atoms. The van der Waals surface area contributed by atoms with Gasteiger partial charge in [-0.3, -0.25) is 4.79 Å². The zero-order valence-electron chi connectivity index (χ0n) is 14.5. The molecule has 1 aromatic carbocycles. The molecule has 0 fully saturated rings. The van der Waals surface area contributed by atoms with Crippen LogP contribution in [0.1, 0.15) is 5.76 Å². The van der Waals surface area contributed by atoms with Crippen molar-refractivity contribution in [3.05, 3.63) is 42.2 Å². The molecule has 1 N–H and O–H groups in total. The highest BCUT2D eigenvalue weighted by atomic mass is 32.2. The van der Waals surface area contributed by atoms with Crippen molar-refractivity contribution in [2.24, 2.45) is 0 Å². The van der Waals surface area contributed by atoms with Gasteiger partial charge in [0.05, 0.1) is 11.4 Å². The van der Waals surface area contributed by atoms with Gasteiger partial charge in [0.15, 0.2) is 17.3 Å². The van der Waals surface area contributed by atoms with E-state index in [1.54, 1.807) is 13.0 Å². The van der Waals surface area contributed by atoms with Gasteiger partial charge < -0.3 is 19.3 Å². The van der Waals surface area contributed by atoms with Crippen molar-refractivity contribution < 1.29 is 18.8 Å². The lowest BCUT2D eigenvalue weighted by molar-refractivity contribution is -0.113. The van der Waals surface area contributed by atoms with Gasteiger partial charge in [0.25, 0.3) is 0 Å². The fourth-order valence-corrected chi connectivity index (χ4v) is 3.11. The number of nitrogens with zero attached hydrogens (tertiary/aromatic N) is 3. The highest BCUT2D eigenvalue weighted by Gasteiger charge is 2.13. The molecular formula is C18H16N4O4S. The van der Waals surface area contributed by atoms with Gasteiger partial charge in [-0.25, -0.2) is 0 Å². The maximum atomic E-state index is 11.9. The van der Waals surface area contributed by atoms with Gasteiger partial charge in [0, 0.05) is 11.6 Å². The van der Waals surface area contributed by atoms with Crippen molar-refractivity contribution in [1.82, 2.24) is 15.4 Å². The van der Waals surface area contributed by atoms with Crippen LogP contribution in [0.5, 0.6) is 11.5 Å². The van der Waals surface area contributed by atoms with Crippen LogP contribution in [-0.4, -0.2) is 40.2 Å².